The lowest BCUT2D eigenvalue weighted by Gasteiger charge is -2.23. The summed E-state index contributed by atoms with van der Waals surface area (Å²) in [7, 11) is 0. The van der Waals surface area contributed by atoms with Crippen LogP contribution in [0.3, 0.4) is 0 Å². The van der Waals surface area contributed by atoms with E-state index in [0.717, 1.165) is 28.0 Å². The zero-order valence-corrected chi connectivity index (χ0v) is 18.7. The van der Waals surface area contributed by atoms with Gasteiger partial charge in [0.05, 0.1) is 17.1 Å². The third-order valence-electron chi connectivity index (χ3n) is 6.14. The second-order valence-electron chi connectivity index (χ2n) is 8.41. The minimum Gasteiger partial charge on any atom is -0.316 e. The highest BCUT2D eigenvalue weighted by Crippen LogP contribution is 2.34. The predicted molar refractivity (Wildman–Crippen MR) is 134 cm³/mol. The molecule has 0 aliphatic carbocycles. The van der Waals surface area contributed by atoms with Crippen LogP contribution in [-0.2, 0) is 0 Å². The molecule has 3 nitrogen and oxygen atoms in total. The molecule has 0 aliphatic heterocycles. The van der Waals surface area contributed by atoms with Crippen molar-refractivity contribution in [1.29, 1.82) is 0 Å². The maximum absolute atomic E-state index is 13.0. The summed E-state index contributed by atoms with van der Waals surface area (Å²) in [6, 6.07) is 36.7. The first-order valence-electron chi connectivity index (χ1n) is 11.4. The number of benzene rings is 4. The molecule has 3 heteroatoms. The number of aryl methyl sites for hydroxylation is 1. The van der Waals surface area contributed by atoms with Gasteiger partial charge in [0.2, 0.25) is 0 Å². The van der Waals surface area contributed by atoms with Crippen molar-refractivity contribution in [2.45, 2.75) is 25.8 Å². The molecule has 4 aromatic carbocycles. The molecule has 5 aromatic rings. The van der Waals surface area contributed by atoms with Gasteiger partial charge in [-0.1, -0.05) is 103 Å². The van der Waals surface area contributed by atoms with Crippen LogP contribution in [0.2, 0.25) is 0 Å². The summed E-state index contributed by atoms with van der Waals surface area (Å²) in [5.74, 6) is 1.09. The van der Waals surface area contributed by atoms with Gasteiger partial charge < -0.3 is 4.57 Å². The van der Waals surface area contributed by atoms with Gasteiger partial charge in [0.1, 0.15) is 5.82 Å². The van der Waals surface area contributed by atoms with Crippen LogP contribution in [0, 0.1) is 6.92 Å². The van der Waals surface area contributed by atoms with Crippen molar-refractivity contribution in [3.63, 3.8) is 0 Å². The van der Waals surface area contributed by atoms with Crippen molar-refractivity contribution in [2.24, 2.45) is 0 Å². The second kappa shape index (κ2) is 9.25. The first-order valence-corrected chi connectivity index (χ1v) is 11.4. The fourth-order valence-corrected chi connectivity index (χ4v) is 4.42. The standard InChI is InChI=1S/C30H26N2O/c1-22-16-18-23(19-17-22)27(20-21-29(33)24-10-4-2-5-11-24)32-28-15-9-8-14-26(28)31-30(32)25-12-6-3-7-13-25/h2-19,27H,20-21H2,1H3. The quantitative estimate of drug-likeness (QED) is 0.255. The summed E-state index contributed by atoms with van der Waals surface area (Å²) in [6.07, 6.45) is 1.15. The molecule has 0 fully saturated rings. The van der Waals surface area contributed by atoms with Crippen LogP contribution in [0.15, 0.2) is 109 Å². The molecule has 5 rings (SSSR count). The monoisotopic (exact) mass is 430 g/mol. The molecular formula is C30H26N2O. The number of Topliss-reactive ketones (excluding diaryl/α,β-unsaturated/α-hetero) is 1. The highest BCUT2D eigenvalue weighted by molar-refractivity contribution is 5.96. The van der Waals surface area contributed by atoms with Crippen LogP contribution in [0.1, 0.15) is 40.4 Å². The second-order valence-corrected chi connectivity index (χ2v) is 8.41. The van der Waals surface area contributed by atoms with Gasteiger partial charge in [-0.3, -0.25) is 4.79 Å². The van der Waals surface area contributed by atoms with Gasteiger partial charge >= 0.3 is 0 Å². The number of ketones is 1. The molecule has 0 saturated heterocycles. The Hall–Kier alpha value is -3.98. The van der Waals surface area contributed by atoms with Crippen molar-refractivity contribution in [1.82, 2.24) is 9.55 Å². The fourth-order valence-electron chi connectivity index (χ4n) is 4.42. The molecule has 0 amide bonds. The summed E-state index contributed by atoms with van der Waals surface area (Å²) in [4.78, 5) is 18.0. The number of nitrogens with zero attached hydrogens (tertiary/aromatic N) is 2. The van der Waals surface area contributed by atoms with E-state index in [4.69, 9.17) is 4.98 Å². The first kappa shape index (κ1) is 20.9. The lowest BCUT2D eigenvalue weighted by molar-refractivity contribution is 0.0976. The van der Waals surface area contributed by atoms with Crippen LogP contribution >= 0.6 is 0 Å². The van der Waals surface area contributed by atoms with Gasteiger partial charge in [-0.25, -0.2) is 4.98 Å². The highest BCUT2D eigenvalue weighted by atomic mass is 16.1. The molecule has 0 aliphatic rings. The van der Waals surface area contributed by atoms with Crippen molar-refractivity contribution >= 4 is 16.8 Å². The summed E-state index contributed by atoms with van der Waals surface area (Å²) in [5.41, 5.74) is 6.27. The summed E-state index contributed by atoms with van der Waals surface area (Å²) < 4.78 is 2.31. The van der Waals surface area contributed by atoms with E-state index >= 15 is 0 Å². The highest BCUT2D eigenvalue weighted by Gasteiger charge is 2.23. The normalized spacial score (nSPS) is 12.0. The summed E-state index contributed by atoms with van der Waals surface area (Å²) in [6.45, 7) is 2.10. The van der Waals surface area contributed by atoms with Crippen LogP contribution in [0.4, 0.5) is 0 Å². The maximum atomic E-state index is 13.0. The minimum atomic E-state index is -0.0131. The number of para-hydroxylation sites is 2. The third-order valence-corrected chi connectivity index (χ3v) is 6.14. The Kier molecular flexibility index (Phi) is 5.86. The average molecular weight is 431 g/mol. The van der Waals surface area contributed by atoms with Crippen molar-refractivity contribution < 1.29 is 4.79 Å². The number of carbonyl (C=O) groups is 1. The Bertz CT molecular complexity index is 1370. The van der Waals surface area contributed by atoms with Gasteiger partial charge in [-0.15, -0.1) is 0 Å². The molecule has 33 heavy (non-hydrogen) atoms. The molecular weight excluding hydrogens is 404 g/mol. The lowest BCUT2D eigenvalue weighted by Crippen LogP contribution is -2.14. The van der Waals surface area contributed by atoms with Gasteiger partial charge in [-0.2, -0.15) is 0 Å². The Morgan fingerprint density at radius 2 is 1.42 bits per heavy atom. The van der Waals surface area contributed by atoms with Crippen molar-refractivity contribution in [2.75, 3.05) is 0 Å². The molecule has 1 heterocycles. The van der Waals surface area contributed by atoms with Gasteiger partial charge in [0.15, 0.2) is 5.78 Å². The van der Waals surface area contributed by atoms with Crippen molar-refractivity contribution in [3.05, 3.63) is 126 Å². The van der Waals surface area contributed by atoms with E-state index in [1.807, 2.05) is 54.6 Å². The molecule has 1 atom stereocenters. The van der Waals surface area contributed by atoms with Crippen LogP contribution in [-0.4, -0.2) is 15.3 Å². The topological polar surface area (TPSA) is 34.9 Å². The van der Waals surface area contributed by atoms with Crippen LogP contribution < -0.4 is 0 Å². The Balaban J connectivity index is 1.62. The summed E-state index contributed by atoms with van der Waals surface area (Å²) in [5, 5.41) is 0. The number of imidazole rings is 1. The van der Waals surface area contributed by atoms with E-state index in [-0.39, 0.29) is 11.8 Å². The zero-order valence-electron chi connectivity index (χ0n) is 18.7. The number of rotatable bonds is 7. The van der Waals surface area contributed by atoms with Crippen molar-refractivity contribution in [3.8, 4) is 11.4 Å². The third kappa shape index (κ3) is 4.35. The molecule has 0 radical (unpaired) electrons. The minimum absolute atomic E-state index is 0.0131. The van der Waals surface area contributed by atoms with E-state index in [9.17, 15) is 4.79 Å². The number of fused-ring (bicyclic) bond motifs is 1. The number of hydrogen-bond acceptors (Lipinski definition) is 2. The fraction of sp³-hybridized carbons (Fsp3) is 0.133. The lowest BCUT2D eigenvalue weighted by atomic mass is 9.96. The molecule has 162 valence electrons. The van der Waals surface area contributed by atoms with Gasteiger partial charge in [0, 0.05) is 17.5 Å². The zero-order chi connectivity index (χ0) is 22.6. The van der Waals surface area contributed by atoms with E-state index in [1.165, 1.54) is 11.1 Å². The van der Waals surface area contributed by atoms with Gasteiger partial charge in [-0.05, 0) is 31.0 Å². The Morgan fingerprint density at radius 1 is 0.788 bits per heavy atom. The number of hydrogen-bond donors (Lipinski definition) is 0. The molecule has 1 unspecified atom stereocenters. The molecule has 0 saturated carbocycles. The Morgan fingerprint density at radius 3 is 2.15 bits per heavy atom. The largest absolute Gasteiger partial charge is 0.316 e. The number of aromatic nitrogens is 2. The van der Waals surface area contributed by atoms with Crippen LogP contribution in [0.25, 0.3) is 22.4 Å². The molecule has 1 aromatic heterocycles. The van der Waals surface area contributed by atoms with E-state index in [0.29, 0.717) is 12.8 Å². The number of carbonyl (C=O) groups excluding carboxylic acids is 1. The van der Waals surface area contributed by atoms with Gasteiger partial charge in [0.25, 0.3) is 0 Å². The summed E-state index contributed by atoms with van der Waals surface area (Å²) >= 11 is 0. The average Bonchev–Trinajstić information content (AvgIpc) is 3.26. The van der Waals surface area contributed by atoms with Crippen LogP contribution in [0.5, 0.6) is 0 Å². The molecule has 0 bridgehead atoms. The SMILES string of the molecule is Cc1ccc(C(CCC(=O)c2ccccc2)n2c(-c3ccccc3)nc3ccccc32)cc1. The molecule has 0 spiro atoms. The Labute approximate surface area is 194 Å². The predicted octanol–water partition coefficient (Wildman–Crippen LogP) is 7.26. The van der Waals surface area contributed by atoms with E-state index in [2.05, 4.69) is 66.1 Å². The maximum Gasteiger partial charge on any atom is 0.162 e. The smallest absolute Gasteiger partial charge is 0.162 e. The first-order chi connectivity index (χ1) is 16.2. The van der Waals surface area contributed by atoms with E-state index < -0.39 is 0 Å². The van der Waals surface area contributed by atoms with E-state index in [1.54, 1.807) is 0 Å². The molecule has 0 N–H and O–H groups in total.